The number of anilines is 2. The Bertz CT molecular complexity index is 1020. The van der Waals surface area contributed by atoms with Gasteiger partial charge in [0.15, 0.2) is 5.13 Å². The average Bonchev–Trinajstić information content (AvgIpc) is 3.28. The number of nitrogens with one attached hydrogen (secondary N) is 2. The Hall–Kier alpha value is -3.19. The predicted molar refractivity (Wildman–Crippen MR) is 109 cm³/mol. The maximum Gasteiger partial charge on any atom is 0.257 e. The Morgan fingerprint density at radius 2 is 1.93 bits per heavy atom. The van der Waals surface area contributed by atoms with Crippen molar-refractivity contribution in [2.24, 2.45) is 0 Å². The highest BCUT2D eigenvalue weighted by atomic mass is 32.1. The zero-order valence-corrected chi connectivity index (χ0v) is 16.1. The van der Waals surface area contributed by atoms with Crippen LogP contribution in [-0.4, -0.2) is 23.9 Å². The molecule has 0 fully saturated rings. The Kier molecular flexibility index (Phi) is 5.08. The second-order valence-corrected chi connectivity index (χ2v) is 7.54. The molecule has 0 aliphatic heterocycles. The number of hydrogen-bond acceptors (Lipinski definition) is 5. The maximum absolute atomic E-state index is 12.8. The van der Waals surface area contributed by atoms with Crippen molar-refractivity contribution in [1.82, 2.24) is 4.98 Å². The predicted octanol–water partition coefficient (Wildman–Crippen LogP) is 4.07. The van der Waals surface area contributed by atoms with Crippen LogP contribution in [0.25, 0.3) is 0 Å². The Morgan fingerprint density at radius 3 is 2.71 bits per heavy atom. The van der Waals surface area contributed by atoms with Crippen molar-refractivity contribution >= 4 is 34.0 Å². The molecule has 2 aromatic carbocycles. The Balaban J connectivity index is 1.47. The fourth-order valence-electron chi connectivity index (χ4n) is 3.22. The van der Waals surface area contributed by atoms with Gasteiger partial charge in [-0.1, -0.05) is 24.3 Å². The van der Waals surface area contributed by atoms with Crippen LogP contribution in [0.4, 0.5) is 10.8 Å². The van der Waals surface area contributed by atoms with Crippen molar-refractivity contribution in [3.8, 4) is 5.75 Å². The van der Waals surface area contributed by atoms with E-state index in [0.29, 0.717) is 22.1 Å². The summed E-state index contributed by atoms with van der Waals surface area (Å²) in [4.78, 5) is 30.7. The van der Waals surface area contributed by atoms with E-state index in [2.05, 4.69) is 15.6 Å². The molecule has 0 spiro atoms. The van der Waals surface area contributed by atoms with Crippen LogP contribution in [0, 0.1) is 0 Å². The van der Waals surface area contributed by atoms with E-state index in [1.807, 2.05) is 36.4 Å². The number of nitrogens with zero attached hydrogens (tertiary/aromatic N) is 1. The molecule has 1 aliphatic carbocycles. The van der Waals surface area contributed by atoms with Crippen molar-refractivity contribution in [3.05, 3.63) is 70.7 Å². The highest BCUT2D eigenvalue weighted by molar-refractivity contribution is 7.16. The smallest absolute Gasteiger partial charge is 0.257 e. The zero-order chi connectivity index (χ0) is 19.5. The van der Waals surface area contributed by atoms with Crippen LogP contribution in [0.5, 0.6) is 5.75 Å². The first-order chi connectivity index (χ1) is 13.6. The average molecular weight is 393 g/mol. The van der Waals surface area contributed by atoms with Crippen LogP contribution in [0.15, 0.2) is 54.6 Å². The number of benzene rings is 2. The first kappa shape index (κ1) is 18.2. The molecule has 2 amide bonds. The lowest BCUT2D eigenvalue weighted by Crippen LogP contribution is -2.20. The largest absolute Gasteiger partial charge is 0.497 e. The van der Waals surface area contributed by atoms with Crippen LogP contribution in [-0.2, 0) is 11.2 Å². The summed E-state index contributed by atoms with van der Waals surface area (Å²) in [6.45, 7) is 0. The van der Waals surface area contributed by atoms with Crippen molar-refractivity contribution in [3.63, 3.8) is 0 Å². The van der Waals surface area contributed by atoms with Crippen LogP contribution >= 0.6 is 11.3 Å². The van der Waals surface area contributed by atoms with Gasteiger partial charge in [0.2, 0.25) is 5.91 Å². The van der Waals surface area contributed by atoms with E-state index >= 15 is 0 Å². The molecule has 28 heavy (non-hydrogen) atoms. The zero-order valence-electron chi connectivity index (χ0n) is 15.3. The summed E-state index contributed by atoms with van der Waals surface area (Å²) in [5.41, 5.74) is 2.02. The molecule has 1 heterocycles. The Labute approximate surface area is 166 Å². The van der Waals surface area contributed by atoms with Crippen LogP contribution in [0.1, 0.15) is 33.3 Å². The molecule has 0 radical (unpaired) electrons. The van der Waals surface area contributed by atoms with Crippen molar-refractivity contribution in [2.45, 2.75) is 18.8 Å². The summed E-state index contributed by atoms with van der Waals surface area (Å²) in [7, 11) is 1.59. The lowest BCUT2D eigenvalue weighted by molar-refractivity contribution is -0.117. The summed E-state index contributed by atoms with van der Waals surface area (Å²) in [6, 6.07) is 16.2. The quantitative estimate of drug-likeness (QED) is 0.685. The minimum absolute atomic E-state index is 0.0989. The van der Waals surface area contributed by atoms with Crippen LogP contribution in [0.3, 0.4) is 0 Å². The normalized spacial score (nSPS) is 15.0. The lowest BCUT2D eigenvalue weighted by atomic mass is 10.1. The van der Waals surface area contributed by atoms with E-state index in [9.17, 15) is 9.59 Å². The number of thiazole rings is 1. The molecule has 6 nitrogen and oxygen atoms in total. The van der Waals surface area contributed by atoms with Gasteiger partial charge < -0.3 is 10.1 Å². The number of ether oxygens (including phenoxy) is 1. The van der Waals surface area contributed by atoms with Gasteiger partial charge in [0.25, 0.3) is 5.91 Å². The van der Waals surface area contributed by atoms with E-state index in [1.165, 1.54) is 11.3 Å². The molecule has 0 saturated carbocycles. The van der Waals surface area contributed by atoms with Gasteiger partial charge in [-0.25, -0.2) is 4.98 Å². The molecule has 2 N–H and O–H groups in total. The highest BCUT2D eigenvalue weighted by Gasteiger charge is 2.33. The second-order valence-electron chi connectivity index (χ2n) is 6.46. The van der Waals surface area contributed by atoms with Crippen molar-refractivity contribution in [1.29, 1.82) is 0 Å². The van der Waals surface area contributed by atoms with Crippen LogP contribution < -0.4 is 15.4 Å². The molecule has 1 aromatic heterocycles. The summed E-state index contributed by atoms with van der Waals surface area (Å²) in [5, 5.41) is 6.29. The van der Waals surface area contributed by atoms with E-state index < -0.39 is 0 Å². The van der Waals surface area contributed by atoms with E-state index in [0.717, 1.165) is 23.4 Å². The molecular weight excluding hydrogens is 374 g/mol. The molecule has 3 aromatic rings. The first-order valence-electron chi connectivity index (χ1n) is 8.95. The van der Waals surface area contributed by atoms with Gasteiger partial charge in [-0.05, 0) is 37.1 Å². The summed E-state index contributed by atoms with van der Waals surface area (Å²) in [6.07, 6.45) is 1.50. The minimum atomic E-state index is -0.320. The summed E-state index contributed by atoms with van der Waals surface area (Å²) in [5.74, 6) is 0.0629. The van der Waals surface area contributed by atoms with Gasteiger partial charge in [-0.3, -0.25) is 14.9 Å². The van der Waals surface area contributed by atoms with E-state index in [4.69, 9.17) is 4.74 Å². The second kappa shape index (κ2) is 7.82. The fourth-order valence-corrected chi connectivity index (χ4v) is 4.26. The third kappa shape index (κ3) is 3.75. The van der Waals surface area contributed by atoms with Crippen LogP contribution in [0.2, 0.25) is 0 Å². The molecule has 142 valence electrons. The van der Waals surface area contributed by atoms with Gasteiger partial charge in [0, 0.05) is 22.2 Å². The SMILES string of the molecule is COc1cccc(NC(=O)C2CCc3sc(NC(=O)c4ccccc4)nc32)c1. The number of amides is 2. The van der Waals surface area contributed by atoms with Gasteiger partial charge >= 0.3 is 0 Å². The molecule has 0 saturated heterocycles. The summed E-state index contributed by atoms with van der Waals surface area (Å²) >= 11 is 1.44. The van der Waals surface area contributed by atoms with E-state index in [-0.39, 0.29) is 17.7 Å². The molecule has 7 heteroatoms. The molecule has 1 aliphatic rings. The van der Waals surface area contributed by atoms with Crippen molar-refractivity contribution < 1.29 is 14.3 Å². The monoisotopic (exact) mass is 393 g/mol. The molecular formula is C21H19N3O3S. The van der Waals surface area contributed by atoms with Gasteiger partial charge in [-0.2, -0.15) is 0 Å². The summed E-state index contributed by atoms with van der Waals surface area (Å²) < 4.78 is 5.19. The third-order valence-electron chi connectivity index (χ3n) is 4.63. The number of fused-ring (bicyclic) bond motifs is 1. The standard InChI is InChI=1S/C21H19N3O3S/c1-27-15-9-5-8-14(12-15)22-20(26)16-10-11-17-18(16)23-21(28-17)24-19(25)13-6-3-2-4-7-13/h2-9,12,16H,10-11H2,1H3,(H,22,26)(H,23,24,25). The maximum atomic E-state index is 12.8. The molecule has 4 rings (SSSR count). The van der Waals surface area contributed by atoms with Crippen molar-refractivity contribution in [2.75, 3.05) is 17.7 Å². The number of hydrogen-bond donors (Lipinski definition) is 2. The molecule has 0 bridgehead atoms. The number of carbonyl (C=O) groups excluding carboxylic acids is 2. The minimum Gasteiger partial charge on any atom is -0.497 e. The fraction of sp³-hybridized carbons (Fsp3) is 0.190. The van der Waals surface area contributed by atoms with E-state index in [1.54, 1.807) is 25.3 Å². The van der Waals surface area contributed by atoms with Gasteiger partial charge in [-0.15, -0.1) is 11.3 Å². The number of methoxy groups -OCH3 is 1. The number of carbonyl (C=O) groups is 2. The topological polar surface area (TPSA) is 80.3 Å². The highest BCUT2D eigenvalue weighted by Crippen LogP contribution is 2.39. The number of aromatic nitrogens is 1. The molecule has 1 unspecified atom stereocenters. The Morgan fingerprint density at radius 1 is 1.11 bits per heavy atom. The first-order valence-corrected chi connectivity index (χ1v) is 9.76. The van der Waals surface area contributed by atoms with Gasteiger partial charge in [0.1, 0.15) is 5.75 Å². The van der Waals surface area contributed by atoms with Gasteiger partial charge in [0.05, 0.1) is 18.7 Å². The number of aryl methyl sites for hydroxylation is 1. The lowest BCUT2D eigenvalue weighted by Gasteiger charge is -2.11. The molecule has 1 atom stereocenters. The number of rotatable bonds is 5. The third-order valence-corrected chi connectivity index (χ3v) is 5.67.